The van der Waals surface area contributed by atoms with Gasteiger partial charge in [0.25, 0.3) is 0 Å². The van der Waals surface area contributed by atoms with Crippen LogP contribution in [0.3, 0.4) is 0 Å². The van der Waals surface area contributed by atoms with Gasteiger partial charge in [-0.05, 0) is 12.0 Å². The lowest BCUT2D eigenvalue weighted by Gasteiger charge is -2.09. The van der Waals surface area contributed by atoms with Crippen molar-refractivity contribution in [2.24, 2.45) is 5.92 Å². The van der Waals surface area contributed by atoms with Gasteiger partial charge in [0, 0.05) is 12.0 Å². The third kappa shape index (κ3) is 1.87. The number of nitrogen functional groups attached to an aromatic ring is 1. The van der Waals surface area contributed by atoms with Gasteiger partial charge in [-0.1, -0.05) is 32.4 Å². The number of nitrogens with zero attached hydrogens (tertiary/aromatic N) is 1. The molecule has 2 rings (SSSR count). The average Bonchev–Trinajstić information content (AvgIpc) is 2.60. The molecular formula is C12H15ClN2O. The van der Waals surface area contributed by atoms with Crippen molar-refractivity contribution < 1.29 is 4.42 Å². The first kappa shape index (κ1) is 11.3. The lowest BCUT2D eigenvalue weighted by molar-refractivity contribution is 0.416. The van der Waals surface area contributed by atoms with E-state index in [1.165, 1.54) is 0 Å². The first-order chi connectivity index (χ1) is 7.49. The molecule has 0 fully saturated rings. The first-order valence-corrected chi connectivity index (χ1v) is 5.72. The second kappa shape index (κ2) is 3.98. The summed E-state index contributed by atoms with van der Waals surface area (Å²) in [6.45, 7) is 6.38. The SMILES string of the molecule is CC(C)C(C)c1nc2cc(Cl)c(N)cc2o1. The van der Waals surface area contributed by atoms with Crippen molar-refractivity contribution in [3.8, 4) is 0 Å². The maximum Gasteiger partial charge on any atom is 0.198 e. The minimum atomic E-state index is 0.285. The Bertz CT molecular complexity index is 480. The molecule has 1 unspecified atom stereocenters. The van der Waals surface area contributed by atoms with Gasteiger partial charge in [-0.3, -0.25) is 0 Å². The molecule has 16 heavy (non-hydrogen) atoms. The number of oxazole rings is 1. The molecule has 1 aromatic heterocycles. The number of hydrogen-bond donors (Lipinski definition) is 1. The molecule has 2 aromatic rings. The lowest BCUT2D eigenvalue weighted by Crippen LogP contribution is -2.01. The zero-order valence-electron chi connectivity index (χ0n) is 9.62. The molecule has 0 saturated heterocycles. The maximum absolute atomic E-state index is 5.93. The maximum atomic E-state index is 5.93. The Morgan fingerprint density at radius 3 is 2.62 bits per heavy atom. The standard InChI is InChI=1S/C12H15ClN2O/c1-6(2)7(3)12-15-10-4-8(13)9(14)5-11(10)16-12/h4-7H,14H2,1-3H3. The quantitative estimate of drug-likeness (QED) is 0.810. The molecule has 4 heteroatoms. The summed E-state index contributed by atoms with van der Waals surface area (Å²) in [6.07, 6.45) is 0. The van der Waals surface area contributed by atoms with Gasteiger partial charge >= 0.3 is 0 Å². The molecule has 3 nitrogen and oxygen atoms in total. The molecule has 0 bridgehead atoms. The Labute approximate surface area is 99.6 Å². The van der Waals surface area contributed by atoms with E-state index in [4.69, 9.17) is 21.8 Å². The predicted molar refractivity (Wildman–Crippen MR) is 66.7 cm³/mol. The summed E-state index contributed by atoms with van der Waals surface area (Å²) in [6, 6.07) is 3.47. The van der Waals surface area contributed by atoms with Gasteiger partial charge in [-0.25, -0.2) is 4.98 Å². The summed E-state index contributed by atoms with van der Waals surface area (Å²) in [5.41, 5.74) is 7.70. The van der Waals surface area contributed by atoms with Gasteiger partial charge in [0.1, 0.15) is 5.52 Å². The van der Waals surface area contributed by atoms with Crippen LogP contribution in [0, 0.1) is 5.92 Å². The van der Waals surface area contributed by atoms with Crippen LogP contribution in [-0.4, -0.2) is 4.98 Å². The van der Waals surface area contributed by atoms with Crippen LogP contribution in [0.1, 0.15) is 32.6 Å². The van der Waals surface area contributed by atoms with Crippen molar-refractivity contribution in [3.63, 3.8) is 0 Å². The van der Waals surface area contributed by atoms with Gasteiger partial charge < -0.3 is 10.2 Å². The largest absolute Gasteiger partial charge is 0.440 e. The van der Waals surface area contributed by atoms with E-state index in [2.05, 4.69) is 25.8 Å². The molecule has 0 aliphatic carbocycles. The van der Waals surface area contributed by atoms with E-state index in [-0.39, 0.29) is 5.92 Å². The van der Waals surface area contributed by atoms with Crippen molar-refractivity contribution in [3.05, 3.63) is 23.0 Å². The molecule has 0 aliphatic rings. The number of fused-ring (bicyclic) bond motifs is 1. The molecule has 0 spiro atoms. The number of rotatable bonds is 2. The molecule has 0 amide bonds. The summed E-state index contributed by atoms with van der Waals surface area (Å²) >= 11 is 5.93. The summed E-state index contributed by atoms with van der Waals surface area (Å²) in [4.78, 5) is 4.43. The Kier molecular flexibility index (Phi) is 2.80. The van der Waals surface area contributed by atoms with E-state index in [9.17, 15) is 0 Å². The molecule has 86 valence electrons. The van der Waals surface area contributed by atoms with Gasteiger partial charge in [-0.2, -0.15) is 0 Å². The first-order valence-electron chi connectivity index (χ1n) is 5.34. The molecule has 1 heterocycles. The van der Waals surface area contributed by atoms with Crippen molar-refractivity contribution in [1.29, 1.82) is 0 Å². The van der Waals surface area contributed by atoms with Crippen molar-refractivity contribution in [2.45, 2.75) is 26.7 Å². The van der Waals surface area contributed by atoms with Crippen LogP contribution in [0.15, 0.2) is 16.5 Å². The number of nitrogens with two attached hydrogens (primary N) is 1. The molecule has 0 saturated carbocycles. The predicted octanol–water partition coefficient (Wildman–Crippen LogP) is 3.82. The van der Waals surface area contributed by atoms with E-state index < -0.39 is 0 Å². The van der Waals surface area contributed by atoms with Crippen molar-refractivity contribution in [2.75, 3.05) is 5.73 Å². The summed E-state index contributed by atoms with van der Waals surface area (Å²) in [5.74, 6) is 1.51. The van der Waals surface area contributed by atoms with Crippen molar-refractivity contribution >= 4 is 28.4 Å². The number of aromatic nitrogens is 1. The third-order valence-corrected chi connectivity index (χ3v) is 3.24. The third-order valence-electron chi connectivity index (χ3n) is 2.91. The molecule has 2 N–H and O–H groups in total. The second-order valence-corrected chi connectivity index (χ2v) is 4.83. The monoisotopic (exact) mass is 238 g/mol. The summed E-state index contributed by atoms with van der Waals surface area (Å²) in [5, 5.41) is 0.518. The zero-order valence-corrected chi connectivity index (χ0v) is 10.4. The summed E-state index contributed by atoms with van der Waals surface area (Å²) in [7, 11) is 0. The molecular weight excluding hydrogens is 224 g/mol. The summed E-state index contributed by atoms with van der Waals surface area (Å²) < 4.78 is 5.68. The van der Waals surface area contributed by atoms with E-state index in [0.717, 1.165) is 11.4 Å². The highest BCUT2D eigenvalue weighted by Gasteiger charge is 2.17. The highest BCUT2D eigenvalue weighted by atomic mass is 35.5. The van der Waals surface area contributed by atoms with E-state index in [1.54, 1.807) is 12.1 Å². The van der Waals surface area contributed by atoms with Crippen molar-refractivity contribution in [1.82, 2.24) is 4.98 Å². The van der Waals surface area contributed by atoms with E-state index in [0.29, 0.717) is 22.2 Å². The number of benzene rings is 1. The minimum absolute atomic E-state index is 0.285. The Balaban J connectivity index is 2.52. The normalized spacial score (nSPS) is 13.6. The highest BCUT2D eigenvalue weighted by Crippen LogP contribution is 2.30. The van der Waals surface area contributed by atoms with Crippen LogP contribution in [0.25, 0.3) is 11.1 Å². The fourth-order valence-electron chi connectivity index (χ4n) is 1.46. The lowest BCUT2D eigenvalue weighted by atomic mass is 9.98. The number of anilines is 1. The van der Waals surface area contributed by atoms with Gasteiger partial charge in [0.15, 0.2) is 11.5 Å². The Morgan fingerprint density at radius 2 is 2.00 bits per heavy atom. The minimum Gasteiger partial charge on any atom is -0.440 e. The second-order valence-electron chi connectivity index (χ2n) is 4.43. The van der Waals surface area contributed by atoms with E-state index in [1.807, 2.05) is 0 Å². The van der Waals surface area contributed by atoms with Crippen LogP contribution < -0.4 is 5.73 Å². The molecule has 0 aliphatic heterocycles. The van der Waals surface area contributed by atoms with Crippen LogP contribution >= 0.6 is 11.6 Å². The van der Waals surface area contributed by atoms with E-state index >= 15 is 0 Å². The topological polar surface area (TPSA) is 52.0 Å². The average molecular weight is 239 g/mol. The van der Waals surface area contributed by atoms with Gasteiger partial charge in [0.2, 0.25) is 0 Å². The highest BCUT2D eigenvalue weighted by molar-refractivity contribution is 6.33. The molecule has 0 radical (unpaired) electrons. The number of halogens is 1. The van der Waals surface area contributed by atoms with Crippen LogP contribution in [-0.2, 0) is 0 Å². The Hall–Kier alpha value is -1.22. The molecule has 1 aromatic carbocycles. The fraction of sp³-hybridized carbons (Fsp3) is 0.417. The smallest absolute Gasteiger partial charge is 0.198 e. The molecule has 1 atom stereocenters. The fourth-order valence-corrected chi connectivity index (χ4v) is 1.62. The van der Waals surface area contributed by atoms with Crippen LogP contribution in [0.5, 0.6) is 0 Å². The van der Waals surface area contributed by atoms with Crippen LogP contribution in [0.2, 0.25) is 5.02 Å². The van der Waals surface area contributed by atoms with Gasteiger partial charge in [-0.15, -0.1) is 0 Å². The van der Waals surface area contributed by atoms with Gasteiger partial charge in [0.05, 0.1) is 10.7 Å². The number of hydrogen-bond acceptors (Lipinski definition) is 3. The van der Waals surface area contributed by atoms with Crippen LogP contribution in [0.4, 0.5) is 5.69 Å². The zero-order chi connectivity index (χ0) is 11.9. The Morgan fingerprint density at radius 1 is 1.31 bits per heavy atom.